The van der Waals surface area contributed by atoms with Gasteiger partial charge >= 0.3 is 16.9 Å². The monoisotopic (exact) mass is 367 g/mol. The largest absolute Gasteiger partial charge is 0.507 e. The Kier molecular flexibility index (Phi) is 4.27. The van der Waals surface area contributed by atoms with Crippen LogP contribution in [0.4, 0.5) is 5.69 Å². The van der Waals surface area contributed by atoms with Crippen molar-refractivity contribution < 1.29 is 10.0 Å². The number of rotatable bonds is 3. The number of phenols is 1. The summed E-state index contributed by atoms with van der Waals surface area (Å²) in [6.07, 6.45) is 2.56. The highest BCUT2D eigenvalue weighted by Crippen LogP contribution is 2.28. The van der Waals surface area contributed by atoms with E-state index in [4.69, 9.17) is 0 Å². The highest BCUT2D eigenvalue weighted by atomic mass is 79.9. The number of nitrogens with zero attached hydrogens (tertiary/aromatic N) is 1. The van der Waals surface area contributed by atoms with Crippen LogP contribution in [0.25, 0.3) is 12.2 Å². The molecule has 0 amide bonds. The molecule has 1 aromatic heterocycles. The van der Waals surface area contributed by atoms with Gasteiger partial charge in [-0.3, -0.25) is 19.9 Å². The Balaban J connectivity index is 2.59. The van der Waals surface area contributed by atoms with Crippen molar-refractivity contribution in [2.75, 3.05) is 0 Å². The number of phenolic OH excluding ortho intramolecular Hbond substituents is 1. The Bertz CT molecular complexity index is 898. The first-order valence-corrected chi connectivity index (χ1v) is 6.77. The number of hydrogen-bond acceptors (Lipinski definition) is 5. The lowest BCUT2D eigenvalue weighted by Gasteiger charge is -2.04. The molecule has 8 nitrogen and oxygen atoms in total. The molecule has 2 aromatic rings. The van der Waals surface area contributed by atoms with Gasteiger partial charge in [0.05, 0.1) is 4.92 Å². The highest BCUT2D eigenvalue weighted by Gasteiger charge is 2.18. The summed E-state index contributed by atoms with van der Waals surface area (Å²) in [4.78, 5) is 36.7. The lowest BCUT2D eigenvalue weighted by atomic mass is 10.1. The third-order valence-corrected chi connectivity index (χ3v) is 3.31. The van der Waals surface area contributed by atoms with Gasteiger partial charge in [0.2, 0.25) is 0 Å². The summed E-state index contributed by atoms with van der Waals surface area (Å²) in [5.41, 5.74) is -2.00. The lowest BCUT2D eigenvalue weighted by Crippen LogP contribution is -2.25. The second-order valence-electron chi connectivity index (χ2n) is 4.42. The van der Waals surface area contributed by atoms with Gasteiger partial charge in [0, 0.05) is 10.0 Å². The highest BCUT2D eigenvalue weighted by molar-refractivity contribution is 9.10. The summed E-state index contributed by atoms with van der Waals surface area (Å²) in [7, 11) is 0. The molecular formula is C13H10BrN3O5. The standard InChI is InChI=1S/C13H10BrN3O5/c1-6-4-8(14)5-7(11(6)18)2-3-9-10(17(21)22)12(19)16-13(20)15-9/h2-5,18H,1H3,(H2,15,16,19,20). The first-order chi connectivity index (χ1) is 10.3. The van der Waals surface area contributed by atoms with Crippen molar-refractivity contribution in [1.29, 1.82) is 0 Å². The number of nitrogens with one attached hydrogen (secondary N) is 2. The van der Waals surface area contributed by atoms with Gasteiger partial charge in [0.1, 0.15) is 11.4 Å². The maximum absolute atomic E-state index is 11.5. The fraction of sp³-hybridized carbons (Fsp3) is 0.0769. The van der Waals surface area contributed by atoms with E-state index >= 15 is 0 Å². The van der Waals surface area contributed by atoms with Crippen molar-refractivity contribution in [3.63, 3.8) is 0 Å². The van der Waals surface area contributed by atoms with Gasteiger partial charge < -0.3 is 10.1 Å². The smallest absolute Gasteiger partial charge is 0.357 e. The van der Waals surface area contributed by atoms with E-state index in [-0.39, 0.29) is 11.4 Å². The van der Waals surface area contributed by atoms with E-state index in [1.807, 2.05) is 0 Å². The molecular weight excluding hydrogens is 358 g/mol. The SMILES string of the molecule is Cc1cc(Br)cc(C=Cc2[nH]c(=O)[nH]c(=O)c2[N+](=O)[O-])c1O. The van der Waals surface area contributed by atoms with Gasteiger partial charge in [-0.15, -0.1) is 0 Å². The molecule has 0 saturated heterocycles. The van der Waals surface area contributed by atoms with Crippen LogP contribution in [-0.2, 0) is 0 Å². The molecule has 0 aliphatic rings. The summed E-state index contributed by atoms with van der Waals surface area (Å²) < 4.78 is 0.705. The van der Waals surface area contributed by atoms with Gasteiger partial charge in [0.25, 0.3) is 0 Å². The molecule has 0 bridgehead atoms. The predicted octanol–water partition coefficient (Wildman–Crippen LogP) is 1.92. The molecule has 2 rings (SSSR count). The molecule has 22 heavy (non-hydrogen) atoms. The minimum atomic E-state index is -1.09. The van der Waals surface area contributed by atoms with Gasteiger partial charge in [-0.05, 0) is 36.8 Å². The summed E-state index contributed by atoms with van der Waals surface area (Å²) in [6.45, 7) is 1.69. The van der Waals surface area contributed by atoms with Crippen molar-refractivity contribution in [1.82, 2.24) is 9.97 Å². The molecule has 0 aliphatic carbocycles. The van der Waals surface area contributed by atoms with Gasteiger partial charge in [-0.2, -0.15) is 0 Å². The van der Waals surface area contributed by atoms with E-state index in [0.29, 0.717) is 15.6 Å². The van der Waals surface area contributed by atoms with Gasteiger partial charge in [0.15, 0.2) is 0 Å². The average molecular weight is 368 g/mol. The zero-order valence-electron chi connectivity index (χ0n) is 11.2. The Labute approximate surface area is 131 Å². The molecule has 0 atom stereocenters. The normalized spacial score (nSPS) is 11.0. The van der Waals surface area contributed by atoms with E-state index in [1.54, 1.807) is 24.0 Å². The molecule has 3 N–H and O–H groups in total. The van der Waals surface area contributed by atoms with Gasteiger partial charge in [-0.25, -0.2) is 4.79 Å². The maximum Gasteiger partial charge on any atom is 0.357 e. The van der Waals surface area contributed by atoms with Crippen LogP contribution in [0.5, 0.6) is 5.75 Å². The number of H-pyrrole nitrogens is 2. The second kappa shape index (κ2) is 5.98. The summed E-state index contributed by atoms with van der Waals surface area (Å²) >= 11 is 3.27. The van der Waals surface area contributed by atoms with E-state index in [2.05, 4.69) is 20.9 Å². The van der Waals surface area contributed by atoms with E-state index in [1.165, 1.54) is 12.2 Å². The first-order valence-electron chi connectivity index (χ1n) is 5.97. The Morgan fingerprint density at radius 1 is 1.27 bits per heavy atom. The molecule has 1 heterocycles. The van der Waals surface area contributed by atoms with Crippen LogP contribution in [0.3, 0.4) is 0 Å². The molecule has 0 fully saturated rings. The predicted molar refractivity (Wildman–Crippen MR) is 83.8 cm³/mol. The van der Waals surface area contributed by atoms with Crippen LogP contribution in [0, 0.1) is 17.0 Å². The van der Waals surface area contributed by atoms with Gasteiger partial charge in [-0.1, -0.05) is 15.9 Å². The molecule has 0 spiro atoms. The van der Waals surface area contributed by atoms with Crippen molar-refractivity contribution >= 4 is 33.8 Å². The van der Waals surface area contributed by atoms with Crippen LogP contribution >= 0.6 is 15.9 Å². The van der Waals surface area contributed by atoms with E-state index < -0.39 is 21.9 Å². The second-order valence-corrected chi connectivity index (χ2v) is 5.34. The molecule has 1 aromatic carbocycles. The van der Waals surface area contributed by atoms with Crippen LogP contribution < -0.4 is 11.2 Å². The fourth-order valence-electron chi connectivity index (χ4n) is 1.86. The number of aromatic amines is 2. The number of aryl methyl sites for hydroxylation is 1. The van der Waals surface area contributed by atoms with Crippen LogP contribution in [0.1, 0.15) is 16.8 Å². The summed E-state index contributed by atoms with van der Waals surface area (Å²) in [5, 5.41) is 20.9. The molecule has 9 heteroatoms. The Morgan fingerprint density at radius 3 is 2.59 bits per heavy atom. The summed E-state index contributed by atoms with van der Waals surface area (Å²) in [6, 6.07) is 3.29. The molecule has 0 saturated carbocycles. The zero-order valence-corrected chi connectivity index (χ0v) is 12.8. The number of aromatic nitrogens is 2. The number of hydrogen-bond donors (Lipinski definition) is 3. The lowest BCUT2D eigenvalue weighted by molar-refractivity contribution is -0.386. The Hall–Kier alpha value is -2.68. The first kappa shape index (κ1) is 15.7. The third-order valence-electron chi connectivity index (χ3n) is 2.85. The number of nitro groups is 1. The number of halogens is 1. The van der Waals surface area contributed by atoms with Crippen LogP contribution in [-0.4, -0.2) is 20.0 Å². The van der Waals surface area contributed by atoms with Crippen molar-refractivity contribution in [3.8, 4) is 5.75 Å². The number of aromatic hydroxyl groups is 1. The minimum Gasteiger partial charge on any atom is -0.507 e. The molecule has 0 aliphatic heterocycles. The maximum atomic E-state index is 11.5. The zero-order chi connectivity index (χ0) is 16.4. The van der Waals surface area contributed by atoms with Crippen molar-refractivity contribution in [2.45, 2.75) is 6.92 Å². The minimum absolute atomic E-state index is 0.00529. The van der Waals surface area contributed by atoms with Crippen molar-refractivity contribution in [2.24, 2.45) is 0 Å². The third kappa shape index (κ3) is 3.14. The molecule has 0 unspecified atom stereocenters. The average Bonchev–Trinajstić information content (AvgIpc) is 2.39. The topological polar surface area (TPSA) is 129 Å². The Morgan fingerprint density at radius 2 is 1.95 bits per heavy atom. The molecule has 0 radical (unpaired) electrons. The number of benzene rings is 1. The van der Waals surface area contributed by atoms with Crippen LogP contribution in [0.2, 0.25) is 0 Å². The van der Waals surface area contributed by atoms with Crippen LogP contribution in [0.15, 0.2) is 26.2 Å². The molecule has 114 valence electrons. The van der Waals surface area contributed by atoms with E-state index in [9.17, 15) is 24.8 Å². The fourth-order valence-corrected chi connectivity index (χ4v) is 2.45. The quantitative estimate of drug-likeness (QED) is 0.563. The summed E-state index contributed by atoms with van der Waals surface area (Å²) in [5.74, 6) is -0.00529. The van der Waals surface area contributed by atoms with E-state index in [0.717, 1.165) is 0 Å². The van der Waals surface area contributed by atoms with Crippen molar-refractivity contribution in [3.05, 3.63) is 64.4 Å².